The quantitative estimate of drug-likeness (QED) is 0.914. The van der Waals surface area contributed by atoms with Gasteiger partial charge in [-0.15, -0.1) is 0 Å². The summed E-state index contributed by atoms with van der Waals surface area (Å²) in [5.41, 5.74) is 2.64. The van der Waals surface area contributed by atoms with Crippen LogP contribution in [0.2, 0.25) is 0 Å². The van der Waals surface area contributed by atoms with E-state index < -0.39 is 0 Å². The molecule has 2 aliphatic rings. The molecule has 0 amide bonds. The monoisotopic (exact) mass is 339 g/mol. The predicted molar refractivity (Wildman–Crippen MR) is 83.4 cm³/mol. The number of fused-ring (bicyclic) bond motifs is 1. The topological polar surface area (TPSA) is 30.5 Å². The maximum Gasteiger partial charge on any atom is 0.125 e. The molecule has 0 spiro atoms. The molecular formula is C16H22BrNO2. The Balaban J connectivity index is 1.82. The average Bonchev–Trinajstić information content (AvgIpc) is 3.04. The normalized spacial score (nSPS) is 26.4. The summed E-state index contributed by atoms with van der Waals surface area (Å²) in [4.78, 5) is 0. The van der Waals surface area contributed by atoms with Crippen LogP contribution in [0.3, 0.4) is 0 Å². The van der Waals surface area contributed by atoms with Gasteiger partial charge < -0.3 is 14.8 Å². The highest BCUT2D eigenvalue weighted by Gasteiger charge is 2.32. The predicted octanol–water partition coefficient (Wildman–Crippen LogP) is 2.94. The van der Waals surface area contributed by atoms with E-state index in [-0.39, 0.29) is 0 Å². The van der Waals surface area contributed by atoms with E-state index in [1.165, 1.54) is 11.1 Å². The highest BCUT2D eigenvalue weighted by atomic mass is 79.9. The van der Waals surface area contributed by atoms with Gasteiger partial charge in [0.15, 0.2) is 0 Å². The summed E-state index contributed by atoms with van der Waals surface area (Å²) >= 11 is 3.62. The summed E-state index contributed by atoms with van der Waals surface area (Å²) in [5.74, 6) is 1.69. The van der Waals surface area contributed by atoms with Crippen LogP contribution in [0, 0.1) is 5.92 Å². The summed E-state index contributed by atoms with van der Waals surface area (Å²) < 4.78 is 12.7. The molecule has 0 aliphatic carbocycles. The Hall–Kier alpha value is -0.580. The minimum atomic E-state index is 0.341. The highest BCUT2D eigenvalue weighted by Crippen LogP contribution is 2.35. The van der Waals surface area contributed by atoms with E-state index in [9.17, 15) is 0 Å². The SMILES string of the molecule is CNC(Cc1cc(Br)cc2c1OCC2)C1CCOC1C. The van der Waals surface area contributed by atoms with E-state index in [1.807, 2.05) is 0 Å². The maximum absolute atomic E-state index is 5.84. The summed E-state index contributed by atoms with van der Waals surface area (Å²) in [6, 6.07) is 4.83. The molecule has 20 heavy (non-hydrogen) atoms. The third-order valence-corrected chi connectivity index (χ3v) is 5.05. The maximum atomic E-state index is 5.84. The first-order chi connectivity index (χ1) is 9.69. The van der Waals surface area contributed by atoms with Gasteiger partial charge in [0, 0.05) is 29.5 Å². The fourth-order valence-electron chi connectivity index (χ4n) is 3.48. The molecular weight excluding hydrogens is 318 g/mol. The van der Waals surface area contributed by atoms with Crippen molar-refractivity contribution in [2.45, 2.75) is 38.3 Å². The van der Waals surface area contributed by atoms with E-state index in [2.05, 4.69) is 47.4 Å². The van der Waals surface area contributed by atoms with Crippen LogP contribution in [0.5, 0.6) is 5.75 Å². The second-order valence-corrected chi connectivity index (χ2v) is 6.70. The van der Waals surface area contributed by atoms with Gasteiger partial charge >= 0.3 is 0 Å². The van der Waals surface area contributed by atoms with Crippen molar-refractivity contribution in [2.75, 3.05) is 20.3 Å². The molecule has 0 saturated carbocycles. The Morgan fingerprint density at radius 3 is 2.95 bits per heavy atom. The molecule has 1 saturated heterocycles. The number of halogens is 1. The van der Waals surface area contributed by atoms with Crippen LogP contribution >= 0.6 is 15.9 Å². The number of benzene rings is 1. The van der Waals surface area contributed by atoms with Crippen LogP contribution in [0.25, 0.3) is 0 Å². The molecule has 3 atom stereocenters. The van der Waals surface area contributed by atoms with E-state index in [1.54, 1.807) is 0 Å². The smallest absolute Gasteiger partial charge is 0.125 e. The lowest BCUT2D eigenvalue weighted by atomic mass is 9.88. The first-order valence-corrected chi connectivity index (χ1v) is 8.21. The second kappa shape index (κ2) is 6.04. The molecule has 0 aromatic heterocycles. The lowest BCUT2D eigenvalue weighted by molar-refractivity contribution is 0.0962. The Bertz CT molecular complexity index is 492. The van der Waals surface area contributed by atoms with E-state index in [0.29, 0.717) is 18.1 Å². The van der Waals surface area contributed by atoms with Crippen molar-refractivity contribution >= 4 is 15.9 Å². The van der Waals surface area contributed by atoms with E-state index in [0.717, 1.165) is 42.7 Å². The molecule has 0 bridgehead atoms. The molecule has 3 unspecified atom stereocenters. The van der Waals surface area contributed by atoms with Gasteiger partial charge in [0.2, 0.25) is 0 Å². The fraction of sp³-hybridized carbons (Fsp3) is 0.625. The Morgan fingerprint density at radius 1 is 1.40 bits per heavy atom. The van der Waals surface area contributed by atoms with E-state index >= 15 is 0 Å². The van der Waals surface area contributed by atoms with Gasteiger partial charge in [-0.05, 0) is 50.1 Å². The summed E-state index contributed by atoms with van der Waals surface area (Å²) in [6.45, 7) is 3.88. The van der Waals surface area contributed by atoms with Crippen molar-refractivity contribution in [3.05, 3.63) is 27.7 Å². The van der Waals surface area contributed by atoms with Crippen molar-refractivity contribution in [1.82, 2.24) is 5.32 Å². The van der Waals surface area contributed by atoms with Crippen molar-refractivity contribution in [3.8, 4) is 5.75 Å². The first-order valence-electron chi connectivity index (χ1n) is 7.42. The zero-order valence-electron chi connectivity index (χ0n) is 12.1. The van der Waals surface area contributed by atoms with Crippen LogP contribution in [0.15, 0.2) is 16.6 Å². The Labute approximate surface area is 129 Å². The number of nitrogens with one attached hydrogen (secondary N) is 1. The Morgan fingerprint density at radius 2 is 2.25 bits per heavy atom. The van der Waals surface area contributed by atoms with Gasteiger partial charge in [0.25, 0.3) is 0 Å². The van der Waals surface area contributed by atoms with Gasteiger partial charge in [-0.2, -0.15) is 0 Å². The number of ether oxygens (including phenoxy) is 2. The van der Waals surface area contributed by atoms with Crippen LogP contribution in [0.4, 0.5) is 0 Å². The zero-order chi connectivity index (χ0) is 14.1. The van der Waals surface area contributed by atoms with Crippen LogP contribution in [0.1, 0.15) is 24.5 Å². The molecule has 110 valence electrons. The fourth-order valence-corrected chi connectivity index (χ4v) is 4.03. The number of rotatable bonds is 4. The standard InChI is InChI=1S/C16H22BrNO2/c1-10-14(4-6-19-10)15(18-2)9-12-8-13(17)7-11-3-5-20-16(11)12/h7-8,10,14-15,18H,3-6,9H2,1-2H3. The van der Waals surface area contributed by atoms with Crippen LogP contribution < -0.4 is 10.1 Å². The first kappa shape index (κ1) is 14.4. The highest BCUT2D eigenvalue weighted by molar-refractivity contribution is 9.10. The zero-order valence-corrected chi connectivity index (χ0v) is 13.7. The molecule has 3 nitrogen and oxygen atoms in total. The van der Waals surface area contributed by atoms with E-state index in [4.69, 9.17) is 9.47 Å². The number of hydrogen-bond acceptors (Lipinski definition) is 3. The minimum absolute atomic E-state index is 0.341. The molecule has 2 aliphatic heterocycles. The number of hydrogen-bond donors (Lipinski definition) is 1. The lowest BCUT2D eigenvalue weighted by Crippen LogP contribution is -2.38. The van der Waals surface area contributed by atoms with Crippen LogP contribution in [-0.2, 0) is 17.6 Å². The van der Waals surface area contributed by atoms with Crippen molar-refractivity contribution < 1.29 is 9.47 Å². The summed E-state index contributed by atoms with van der Waals surface area (Å²) in [6.07, 6.45) is 3.50. The Kier molecular flexibility index (Phi) is 4.34. The lowest BCUT2D eigenvalue weighted by Gasteiger charge is -2.26. The molecule has 1 fully saturated rings. The van der Waals surface area contributed by atoms with Gasteiger partial charge in [-0.25, -0.2) is 0 Å². The van der Waals surface area contributed by atoms with Crippen LogP contribution in [-0.4, -0.2) is 32.4 Å². The number of likely N-dealkylation sites (N-methyl/N-ethyl adjacent to an activating group) is 1. The van der Waals surface area contributed by atoms with Crippen molar-refractivity contribution in [3.63, 3.8) is 0 Å². The third-order valence-electron chi connectivity index (χ3n) is 4.59. The molecule has 4 heteroatoms. The summed E-state index contributed by atoms with van der Waals surface area (Å²) in [5, 5.41) is 3.48. The van der Waals surface area contributed by atoms with Gasteiger partial charge in [0.1, 0.15) is 5.75 Å². The molecule has 2 heterocycles. The van der Waals surface area contributed by atoms with Gasteiger partial charge in [0.05, 0.1) is 12.7 Å². The molecule has 1 N–H and O–H groups in total. The van der Waals surface area contributed by atoms with Gasteiger partial charge in [-0.1, -0.05) is 15.9 Å². The third kappa shape index (κ3) is 2.74. The summed E-state index contributed by atoms with van der Waals surface area (Å²) in [7, 11) is 2.05. The van der Waals surface area contributed by atoms with Crippen molar-refractivity contribution in [1.29, 1.82) is 0 Å². The molecule has 1 aromatic carbocycles. The molecule has 0 radical (unpaired) electrons. The largest absolute Gasteiger partial charge is 0.493 e. The van der Waals surface area contributed by atoms with Crippen molar-refractivity contribution in [2.24, 2.45) is 5.92 Å². The average molecular weight is 340 g/mol. The van der Waals surface area contributed by atoms with Gasteiger partial charge in [-0.3, -0.25) is 0 Å². The second-order valence-electron chi connectivity index (χ2n) is 5.78. The minimum Gasteiger partial charge on any atom is -0.493 e. The molecule has 1 aromatic rings. The molecule has 3 rings (SSSR count).